The van der Waals surface area contributed by atoms with Crippen LogP contribution >= 0.6 is 0 Å². The van der Waals surface area contributed by atoms with E-state index in [1.165, 1.54) is 12.1 Å². The maximum atomic E-state index is 12.4. The van der Waals surface area contributed by atoms with Gasteiger partial charge in [0.15, 0.2) is 0 Å². The number of benzene rings is 1. The predicted octanol–water partition coefficient (Wildman–Crippen LogP) is 2.69. The van der Waals surface area contributed by atoms with Crippen molar-refractivity contribution in [1.29, 1.82) is 5.26 Å². The lowest BCUT2D eigenvalue weighted by molar-refractivity contribution is -0.384. The summed E-state index contributed by atoms with van der Waals surface area (Å²) >= 11 is 0. The summed E-state index contributed by atoms with van der Waals surface area (Å²) in [5.41, 5.74) is 0.697. The molecule has 3 rings (SSSR count). The highest BCUT2D eigenvalue weighted by atomic mass is 16.6. The molecule has 0 saturated heterocycles. The molecule has 0 bridgehead atoms. The summed E-state index contributed by atoms with van der Waals surface area (Å²) < 4.78 is 5.37. The Morgan fingerprint density at radius 3 is 2.62 bits per heavy atom. The number of nitriles is 1. The van der Waals surface area contributed by atoms with Crippen molar-refractivity contribution in [3.63, 3.8) is 0 Å². The maximum absolute atomic E-state index is 12.4. The molecule has 1 N–H and O–H groups in total. The van der Waals surface area contributed by atoms with Crippen LogP contribution in [0, 0.1) is 35.3 Å². The standard InChI is InChI=1S/C19H16N4O6/c1-10-11(2)29-17(15(10)9-20)21-16(24)4-3-7-22-18(25)13-6-5-12(23(27)28)8-14(13)19(22)26/h5-6,8H,3-4,7H2,1-2H3,(H,21,24). The first-order valence-corrected chi connectivity index (χ1v) is 8.69. The van der Waals surface area contributed by atoms with E-state index in [4.69, 9.17) is 9.68 Å². The number of anilines is 1. The normalized spacial score (nSPS) is 12.7. The SMILES string of the molecule is Cc1oc(NC(=O)CCCN2C(=O)c3ccc([N+](=O)[O-])cc3C2=O)c(C#N)c1C. The number of nitrogens with zero attached hydrogens (tertiary/aromatic N) is 3. The van der Waals surface area contributed by atoms with E-state index in [2.05, 4.69) is 5.32 Å². The molecular formula is C19H16N4O6. The first-order valence-electron chi connectivity index (χ1n) is 8.69. The van der Waals surface area contributed by atoms with Crippen molar-refractivity contribution in [2.75, 3.05) is 11.9 Å². The second-order valence-corrected chi connectivity index (χ2v) is 6.50. The molecule has 10 heteroatoms. The summed E-state index contributed by atoms with van der Waals surface area (Å²) in [5.74, 6) is -1.01. The van der Waals surface area contributed by atoms with Crippen LogP contribution in [0.25, 0.3) is 0 Å². The highest BCUT2D eigenvalue weighted by Gasteiger charge is 2.36. The predicted molar refractivity (Wildman–Crippen MR) is 99.2 cm³/mol. The fourth-order valence-corrected chi connectivity index (χ4v) is 3.03. The molecule has 1 aliphatic rings. The Labute approximate surface area is 164 Å². The summed E-state index contributed by atoms with van der Waals surface area (Å²) in [7, 11) is 0. The zero-order chi connectivity index (χ0) is 21.3. The number of carbonyl (C=O) groups is 3. The minimum absolute atomic E-state index is 0.0166. The first kappa shape index (κ1) is 19.8. The molecule has 0 unspecified atom stereocenters. The van der Waals surface area contributed by atoms with Gasteiger partial charge >= 0.3 is 0 Å². The van der Waals surface area contributed by atoms with Gasteiger partial charge in [0, 0.05) is 30.7 Å². The number of nitro groups is 1. The molecule has 29 heavy (non-hydrogen) atoms. The van der Waals surface area contributed by atoms with E-state index < -0.39 is 22.6 Å². The third kappa shape index (κ3) is 3.58. The van der Waals surface area contributed by atoms with Crippen LogP contribution < -0.4 is 5.32 Å². The van der Waals surface area contributed by atoms with Gasteiger partial charge in [0.2, 0.25) is 11.8 Å². The van der Waals surface area contributed by atoms with E-state index in [0.29, 0.717) is 11.3 Å². The lowest BCUT2D eigenvalue weighted by atomic mass is 10.1. The summed E-state index contributed by atoms with van der Waals surface area (Å²) in [5, 5.41) is 22.5. The largest absolute Gasteiger partial charge is 0.444 e. The number of nitro benzene ring substituents is 1. The lowest BCUT2D eigenvalue weighted by Crippen LogP contribution is -2.31. The van der Waals surface area contributed by atoms with Gasteiger partial charge in [-0.1, -0.05) is 0 Å². The molecule has 0 radical (unpaired) electrons. The van der Waals surface area contributed by atoms with E-state index in [-0.39, 0.29) is 47.6 Å². The van der Waals surface area contributed by atoms with Gasteiger partial charge < -0.3 is 4.42 Å². The zero-order valence-electron chi connectivity index (χ0n) is 15.6. The van der Waals surface area contributed by atoms with Crippen molar-refractivity contribution in [3.05, 3.63) is 56.3 Å². The maximum Gasteiger partial charge on any atom is 0.270 e. The van der Waals surface area contributed by atoms with Crippen LogP contribution in [0.4, 0.5) is 11.6 Å². The van der Waals surface area contributed by atoms with E-state index in [1.807, 2.05) is 6.07 Å². The average molecular weight is 396 g/mol. The molecule has 0 spiro atoms. The van der Waals surface area contributed by atoms with Crippen LogP contribution in [0.3, 0.4) is 0 Å². The molecular weight excluding hydrogens is 380 g/mol. The number of imide groups is 1. The summed E-state index contributed by atoms with van der Waals surface area (Å²) in [4.78, 5) is 48.1. The number of fused-ring (bicyclic) bond motifs is 1. The number of rotatable bonds is 6. The number of furan rings is 1. The number of amides is 3. The van der Waals surface area contributed by atoms with Gasteiger partial charge in [-0.25, -0.2) is 0 Å². The Bertz CT molecular complexity index is 1090. The quantitative estimate of drug-likeness (QED) is 0.448. The molecule has 2 aromatic rings. The molecule has 1 aromatic heterocycles. The van der Waals surface area contributed by atoms with Gasteiger partial charge in [0.05, 0.1) is 16.1 Å². The van der Waals surface area contributed by atoms with Gasteiger partial charge in [0.1, 0.15) is 17.4 Å². The number of hydrogen-bond acceptors (Lipinski definition) is 7. The number of hydrogen-bond donors (Lipinski definition) is 1. The molecule has 3 amide bonds. The van der Waals surface area contributed by atoms with Gasteiger partial charge in [0.25, 0.3) is 17.5 Å². The van der Waals surface area contributed by atoms with E-state index in [0.717, 1.165) is 11.0 Å². The molecule has 1 aromatic carbocycles. The smallest absolute Gasteiger partial charge is 0.270 e. The summed E-state index contributed by atoms with van der Waals surface area (Å²) in [6.07, 6.45) is 0.164. The summed E-state index contributed by atoms with van der Waals surface area (Å²) in [6.45, 7) is 3.37. The number of non-ortho nitro benzene ring substituents is 1. The van der Waals surface area contributed by atoms with E-state index in [1.54, 1.807) is 13.8 Å². The Balaban J connectivity index is 1.61. The molecule has 0 aliphatic carbocycles. The third-order valence-corrected chi connectivity index (χ3v) is 4.70. The molecule has 10 nitrogen and oxygen atoms in total. The molecule has 0 atom stereocenters. The lowest BCUT2D eigenvalue weighted by Gasteiger charge is -2.13. The van der Waals surface area contributed by atoms with Crippen molar-refractivity contribution in [1.82, 2.24) is 4.90 Å². The minimum atomic E-state index is -0.640. The van der Waals surface area contributed by atoms with Crippen molar-refractivity contribution in [2.45, 2.75) is 26.7 Å². The zero-order valence-corrected chi connectivity index (χ0v) is 15.6. The third-order valence-electron chi connectivity index (χ3n) is 4.70. The number of aryl methyl sites for hydroxylation is 1. The van der Waals surface area contributed by atoms with Crippen molar-refractivity contribution in [2.24, 2.45) is 0 Å². The van der Waals surface area contributed by atoms with Crippen molar-refractivity contribution < 1.29 is 23.7 Å². The monoisotopic (exact) mass is 396 g/mol. The van der Waals surface area contributed by atoms with Crippen LogP contribution in [-0.2, 0) is 4.79 Å². The second-order valence-electron chi connectivity index (χ2n) is 6.50. The van der Waals surface area contributed by atoms with Gasteiger partial charge in [-0.2, -0.15) is 5.26 Å². The number of carbonyl (C=O) groups excluding carboxylic acids is 3. The van der Waals surface area contributed by atoms with Crippen LogP contribution in [0.15, 0.2) is 22.6 Å². The van der Waals surface area contributed by atoms with Gasteiger partial charge in [-0.3, -0.25) is 34.7 Å². The molecule has 2 heterocycles. The van der Waals surface area contributed by atoms with Gasteiger partial charge in [-0.15, -0.1) is 0 Å². The highest BCUT2D eigenvalue weighted by molar-refractivity contribution is 6.21. The Morgan fingerprint density at radius 1 is 1.28 bits per heavy atom. The van der Waals surface area contributed by atoms with E-state index in [9.17, 15) is 24.5 Å². The van der Waals surface area contributed by atoms with Crippen LogP contribution in [0.5, 0.6) is 0 Å². The molecule has 148 valence electrons. The molecule has 1 aliphatic heterocycles. The van der Waals surface area contributed by atoms with Crippen LogP contribution in [-0.4, -0.2) is 34.1 Å². The molecule has 0 saturated carbocycles. The fraction of sp³-hybridized carbons (Fsp3) is 0.263. The fourth-order valence-electron chi connectivity index (χ4n) is 3.03. The van der Waals surface area contributed by atoms with Gasteiger partial charge in [-0.05, 0) is 26.3 Å². The summed E-state index contributed by atoms with van der Waals surface area (Å²) in [6, 6.07) is 5.47. The van der Waals surface area contributed by atoms with E-state index >= 15 is 0 Å². The van der Waals surface area contributed by atoms with Crippen molar-refractivity contribution >= 4 is 29.3 Å². The Kier molecular flexibility index (Phi) is 5.14. The average Bonchev–Trinajstić information content (AvgIpc) is 3.08. The Morgan fingerprint density at radius 2 is 1.97 bits per heavy atom. The highest BCUT2D eigenvalue weighted by Crippen LogP contribution is 2.28. The van der Waals surface area contributed by atoms with Crippen LogP contribution in [0.2, 0.25) is 0 Å². The second kappa shape index (κ2) is 7.55. The Hall–Kier alpha value is -4.00. The topological polar surface area (TPSA) is 147 Å². The first-order chi connectivity index (χ1) is 13.7. The van der Waals surface area contributed by atoms with Crippen molar-refractivity contribution in [3.8, 4) is 6.07 Å². The number of nitrogens with one attached hydrogen (secondary N) is 1. The minimum Gasteiger partial charge on any atom is -0.444 e. The van der Waals surface area contributed by atoms with Crippen LogP contribution in [0.1, 0.15) is 50.4 Å². The molecule has 0 fully saturated rings.